The maximum Gasteiger partial charge on any atom is 0.430 e. The number of hydrogen-bond acceptors (Lipinski definition) is 2. The Hall–Kier alpha value is 0.207. The zero-order valence-corrected chi connectivity index (χ0v) is 13.4. The van der Waals surface area contributed by atoms with Crippen molar-refractivity contribution in [3.8, 4) is 0 Å². The Bertz CT molecular complexity index is 242. The van der Waals surface area contributed by atoms with Crippen LogP contribution in [0, 0.1) is 0 Å². The first-order valence-electron chi connectivity index (χ1n) is 5.59. The van der Waals surface area contributed by atoms with Crippen LogP contribution in [0.5, 0.6) is 0 Å². The summed E-state index contributed by atoms with van der Waals surface area (Å²) in [5, 5.41) is 8.78. The Morgan fingerprint density at radius 2 is 1.59 bits per heavy atom. The van der Waals surface area contributed by atoms with Crippen LogP contribution in [-0.4, -0.2) is 28.2 Å². The van der Waals surface area contributed by atoms with Gasteiger partial charge in [-0.05, 0) is 0 Å². The van der Waals surface area contributed by atoms with E-state index in [0.717, 1.165) is 21.2 Å². The first-order chi connectivity index (χ1) is 7.73. The molecular formula is C10H18F3IO2Si. The van der Waals surface area contributed by atoms with Crippen LogP contribution in [0.3, 0.4) is 0 Å². The molecule has 0 aromatic rings. The molecule has 0 aliphatic carbocycles. The van der Waals surface area contributed by atoms with Crippen molar-refractivity contribution in [3.05, 3.63) is 0 Å². The second kappa shape index (κ2) is 6.96. The average molecular weight is 382 g/mol. The summed E-state index contributed by atoms with van der Waals surface area (Å²) < 4.78 is 34.6. The molecule has 0 spiro atoms. The molecule has 1 fully saturated rings. The van der Waals surface area contributed by atoms with Gasteiger partial charge in [0.05, 0.1) is 0 Å². The first kappa shape index (κ1) is 17.2. The fourth-order valence-electron chi connectivity index (χ4n) is 1.79. The van der Waals surface area contributed by atoms with Gasteiger partial charge in [-0.3, -0.25) is 0 Å². The van der Waals surface area contributed by atoms with Crippen LogP contribution in [-0.2, 0) is 4.79 Å². The fraction of sp³-hybridized carbons (Fsp3) is 0.900. The quantitative estimate of drug-likeness (QED) is 0.349. The van der Waals surface area contributed by atoms with Crippen LogP contribution in [0.4, 0.5) is 13.2 Å². The monoisotopic (exact) mass is 382 g/mol. The van der Waals surface area contributed by atoms with Crippen molar-refractivity contribution in [2.24, 2.45) is 0 Å². The van der Waals surface area contributed by atoms with Crippen molar-refractivity contribution < 1.29 is 44.3 Å². The molecule has 102 valence electrons. The smallest absolute Gasteiger partial charge is 0.430 e. The normalized spacial score (nSPS) is 19.3. The molecule has 1 aliphatic rings. The summed E-state index contributed by atoms with van der Waals surface area (Å²) in [6.07, 6.45) is -5.19. The van der Waals surface area contributed by atoms with Gasteiger partial charge >= 0.3 is 6.18 Å². The number of carboxylic acid groups (broad SMARTS) is 1. The Labute approximate surface area is 111 Å². The number of carbonyl (C=O) groups is 1. The van der Waals surface area contributed by atoms with Crippen LogP contribution >= 0.6 is 0 Å². The summed E-state index contributed by atoms with van der Waals surface area (Å²) in [7, 11) is -0.635. The lowest BCUT2D eigenvalue weighted by Crippen LogP contribution is -3.49. The van der Waals surface area contributed by atoms with Gasteiger partial charge in [-0.25, -0.2) is 0 Å². The average Bonchev–Trinajstić information content (AvgIpc) is 3.05. The first-order valence-corrected chi connectivity index (χ1v) is 11.1. The predicted octanol–water partition coefficient (Wildman–Crippen LogP) is -1.20. The molecule has 1 saturated heterocycles. The van der Waals surface area contributed by atoms with E-state index < -0.39 is 20.2 Å². The molecule has 0 amide bonds. The fourth-order valence-corrected chi connectivity index (χ4v) is 15.7. The minimum Gasteiger partial charge on any atom is -0.542 e. The van der Waals surface area contributed by atoms with E-state index in [1.165, 1.54) is 3.55 Å². The molecule has 1 rings (SSSR count). The SMILES string of the molecule is CC[Si](CC)(CC)C1C[I+]1.O=C([O-])C(F)(F)F. The van der Waals surface area contributed by atoms with Crippen molar-refractivity contribution in [1.29, 1.82) is 0 Å². The number of carboxylic acids is 1. The molecule has 0 N–H and O–H groups in total. The minimum atomic E-state index is -5.19. The second-order valence-corrected chi connectivity index (χ2v) is 14.0. The van der Waals surface area contributed by atoms with Gasteiger partial charge in [0.15, 0.2) is 7.98 Å². The van der Waals surface area contributed by atoms with Gasteiger partial charge in [-0.1, -0.05) is 38.9 Å². The van der Waals surface area contributed by atoms with Gasteiger partial charge in [-0.15, -0.1) is 0 Å². The zero-order valence-electron chi connectivity index (χ0n) is 10.2. The van der Waals surface area contributed by atoms with Crippen LogP contribution in [0.15, 0.2) is 0 Å². The van der Waals surface area contributed by atoms with E-state index in [0.29, 0.717) is 0 Å². The molecule has 1 atom stereocenters. The molecular weight excluding hydrogens is 364 g/mol. The maximum atomic E-state index is 10.5. The van der Waals surface area contributed by atoms with Crippen LogP contribution in [0.25, 0.3) is 0 Å². The number of halogens is 4. The van der Waals surface area contributed by atoms with E-state index in [-0.39, 0.29) is 0 Å². The molecule has 1 unspecified atom stereocenters. The molecule has 0 aromatic heterocycles. The Morgan fingerprint density at radius 3 is 1.65 bits per heavy atom. The molecule has 0 radical (unpaired) electrons. The summed E-state index contributed by atoms with van der Waals surface area (Å²) in [4.78, 5) is 8.78. The van der Waals surface area contributed by atoms with Gasteiger partial charge in [0, 0.05) is 0 Å². The molecule has 2 nitrogen and oxygen atoms in total. The number of alkyl halides is 5. The Kier molecular flexibility index (Phi) is 7.04. The lowest BCUT2D eigenvalue weighted by atomic mass is 10.7. The third-order valence-electron chi connectivity index (χ3n) is 3.32. The molecule has 0 bridgehead atoms. The number of aliphatic carboxylic acids is 1. The summed E-state index contributed by atoms with van der Waals surface area (Å²) in [6, 6.07) is 4.68. The van der Waals surface area contributed by atoms with Gasteiger partial charge < -0.3 is 9.90 Å². The van der Waals surface area contributed by atoms with Crippen molar-refractivity contribution in [2.75, 3.05) is 4.43 Å². The van der Waals surface area contributed by atoms with E-state index >= 15 is 0 Å². The highest BCUT2D eigenvalue weighted by molar-refractivity contribution is 6.81. The van der Waals surface area contributed by atoms with E-state index in [1.54, 1.807) is 22.6 Å². The summed E-state index contributed by atoms with van der Waals surface area (Å²) in [6.45, 7) is 7.30. The van der Waals surface area contributed by atoms with Gasteiger partial charge in [0.25, 0.3) is 21.2 Å². The largest absolute Gasteiger partial charge is 0.542 e. The van der Waals surface area contributed by atoms with E-state index in [9.17, 15) is 13.2 Å². The highest BCUT2D eigenvalue weighted by atomic mass is 127. The number of hydrogen-bond donors (Lipinski definition) is 0. The van der Waals surface area contributed by atoms with E-state index in [4.69, 9.17) is 9.90 Å². The van der Waals surface area contributed by atoms with Gasteiger partial charge in [0.2, 0.25) is 0 Å². The van der Waals surface area contributed by atoms with Gasteiger partial charge in [0.1, 0.15) is 14.0 Å². The molecule has 0 aromatic carbocycles. The second-order valence-electron chi connectivity index (χ2n) is 3.98. The standard InChI is InChI=1S/C8H18ISi.C2HF3O2/c1-4-10(5-2,6-3)8-7-9-8;3-2(4,5)1(6)7/h8H,4-7H2,1-3H3;(H,6,7)/q+1;/p-1. The number of rotatable bonds is 4. The van der Waals surface area contributed by atoms with E-state index in [2.05, 4.69) is 20.8 Å². The van der Waals surface area contributed by atoms with Crippen molar-refractivity contribution >= 4 is 14.0 Å². The highest BCUT2D eigenvalue weighted by Gasteiger charge is 2.58. The molecule has 1 heterocycles. The lowest BCUT2D eigenvalue weighted by Gasteiger charge is -2.21. The van der Waals surface area contributed by atoms with Crippen molar-refractivity contribution in [1.82, 2.24) is 0 Å². The third kappa shape index (κ3) is 5.58. The molecule has 7 heteroatoms. The molecule has 1 aliphatic heterocycles. The third-order valence-corrected chi connectivity index (χ3v) is 16.7. The summed E-state index contributed by atoms with van der Waals surface area (Å²) in [5.74, 6) is -3.01. The summed E-state index contributed by atoms with van der Waals surface area (Å²) in [5.41, 5.74) is 0. The zero-order chi connectivity index (χ0) is 13.7. The molecule has 0 saturated carbocycles. The van der Waals surface area contributed by atoms with Crippen LogP contribution in [0.1, 0.15) is 20.8 Å². The number of carbonyl (C=O) groups excluding carboxylic acids is 1. The van der Waals surface area contributed by atoms with Gasteiger partial charge in [-0.2, -0.15) is 13.2 Å². The predicted molar refractivity (Wildman–Crippen MR) is 56.9 cm³/mol. The topological polar surface area (TPSA) is 40.1 Å². The maximum absolute atomic E-state index is 10.5. The molecule has 17 heavy (non-hydrogen) atoms. The van der Waals surface area contributed by atoms with E-state index in [1.807, 2.05) is 0 Å². The summed E-state index contributed by atoms with van der Waals surface area (Å²) >= 11 is 0.727. The highest BCUT2D eigenvalue weighted by Crippen LogP contribution is 2.22. The van der Waals surface area contributed by atoms with Crippen LogP contribution < -0.4 is 26.3 Å². The van der Waals surface area contributed by atoms with Crippen molar-refractivity contribution in [3.63, 3.8) is 0 Å². The Morgan fingerprint density at radius 1 is 1.29 bits per heavy atom. The lowest BCUT2D eigenvalue weighted by molar-refractivity contribution is -0.485. The van der Waals surface area contributed by atoms with Crippen molar-refractivity contribution in [2.45, 2.75) is 48.6 Å². The van der Waals surface area contributed by atoms with Crippen LogP contribution in [0.2, 0.25) is 18.1 Å². The Balaban J connectivity index is 0.000000325. The minimum absolute atomic E-state index is 0.635.